The Balaban J connectivity index is 2.01. The van der Waals surface area contributed by atoms with E-state index in [0.717, 1.165) is 23.9 Å². The second kappa shape index (κ2) is 4.69. The fourth-order valence-corrected chi connectivity index (χ4v) is 2.50. The minimum absolute atomic E-state index is 0.680. The summed E-state index contributed by atoms with van der Waals surface area (Å²) >= 11 is 5.94. The van der Waals surface area contributed by atoms with Crippen LogP contribution in [0.1, 0.15) is 25.3 Å². The van der Waals surface area contributed by atoms with Gasteiger partial charge in [0.05, 0.1) is 10.5 Å². The van der Waals surface area contributed by atoms with Crippen molar-refractivity contribution in [1.29, 1.82) is 0 Å². The highest BCUT2D eigenvalue weighted by Crippen LogP contribution is 2.22. The van der Waals surface area contributed by atoms with Crippen molar-refractivity contribution in [2.45, 2.75) is 19.8 Å². The molecule has 1 aliphatic rings. The molecule has 0 N–H and O–H groups in total. The second-order valence-corrected chi connectivity index (χ2v) is 5.43. The Labute approximate surface area is 112 Å². The predicted molar refractivity (Wildman–Crippen MR) is 76.6 cm³/mol. The van der Waals surface area contributed by atoms with Crippen LogP contribution in [0.4, 0.5) is 0 Å². The van der Waals surface area contributed by atoms with Crippen LogP contribution in [0, 0.1) is 5.92 Å². The Kier molecular flexibility index (Phi) is 3.04. The Morgan fingerprint density at radius 1 is 1.28 bits per heavy atom. The maximum absolute atomic E-state index is 5.94. The molecule has 2 nitrogen and oxygen atoms in total. The lowest BCUT2D eigenvalue weighted by Crippen LogP contribution is -2.14. The van der Waals surface area contributed by atoms with Crippen molar-refractivity contribution in [3.8, 4) is 0 Å². The van der Waals surface area contributed by atoms with Crippen LogP contribution in [0.5, 0.6) is 0 Å². The van der Waals surface area contributed by atoms with E-state index in [1.54, 1.807) is 6.20 Å². The van der Waals surface area contributed by atoms with Gasteiger partial charge >= 0.3 is 0 Å². The third-order valence-electron chi connectivity index (χ3n) is 3.45. The Bertz CT molecular complexity index is 619. The van der Waals surface area contributed by atoms with E-state index in [1.807, 2.05) is 6.07 Å². The minimum atomic E-state index is 0.680. The van der Waals surface area contributed by atoms with Crippen LogP contribution in [0.3, 0.4) is 0 Å². The molecule has 2 aromatic rings. The number of fused-ring (bicyclic) bond motifs is 1. The number of aliphatic imine (C=N–C) groups is 1. The molecule has 1 atom stereocenters. The zero-order valence-corrected chi connectivity index (χ0v) is 11.1. The van der Waals surface area contributed by atoms with Crippen molar-refractivity contribution in [2.24, 2.45) is 10.9 Å². The van der Waals surface area contributed by atoms with Crippen LogP contribution in [0.15, 0.2) is 35.5 Å². The SMILES string of the molecule is CC1CCC(c2ccc3cc(Cl)cnc3c2)=NC1. The van der Waals surface area contributed by atoms with Gasteiger partial charge in [-0.1, -0.05) is 30.7 Å². The number of hydrogen-bond acceptors (Lipinski definition) is 2. The molecule has 0 radical (unpaired) electrons. The van der Waals surface area contributed by atoms with Crippen molar-refractivity contribution in [1.82, 2.24) is 4.98 Å². The number of benzene rings is 1. The van der Waals surface area contributed by atoms with Gasteiger partial charge in [0.1, 0.15) is 0 Å². The lowest BCUT2D eigenvalue weighted by Gasteiger charge is -2.17. The molecule has 0 spiro atoms. The van der Waals surface area contributed by atoms with Crippen LogP contribution >= 0.6 is 11.6 Å². The fourth-order valence-electron chi connectivity index (χ4n) is 2.33. The number of nitrogens with zero attached hydrogens (tertiary/aromatic N) is 2. The van der Waals surface area contributed by atoms with Gasteiger partial charge in [-0.3, -0.25) is 9.98 Å². The topological polar surface area (TPSA) is 25.2 Å². The van der Waals surface area contributed by atoms with Crippen molar-refractivity contribution < 1.29 is 0 Å². The van der Waals surface area contributed by atoms with Crippen LogP contribution < -0.4 is 0 Å². The largest absolute Gasteiger partial charge is 0.289 e. The molecule has 2 heterocycles. The second-order valence-electron chi connectivity index (χ2n) is 4.99. The standard InChI is InChI=1S/C15H15ClN2/c1-10-2-5-14(17-8-10)12-4-3-11-6-13(16)9-18-15(11)7-12/h3-4,6-7,9-10H,2,5,8H2,1H3. The van der Waals surface area contributed by atoms with E-state index < -0.39 is 0 Å². The monoisotopic (exact) mass is 258 g/mol. The molecule has 0 aliphatic carbocycles. The molecular formula is C15H15ClN2. The molecular weight excluding hydrogens is 244 g/mol. The van der Waals surface area contributed by atoms with Gasteiger partial charge in [-0.25, -0.2) is 0 Å². The van der Waals surface area contributed by atoms with E-state index in [0.29, 0.717) is 10.9 Å². The van der Waals surface area contributed by atoms with Gasteiger partial charge in [-0.15, -0.1) is 0 Å². The molecule has 0 saturated heterocycles. The molecule has 1 aromatic heterocycles. The zero-order valence-electron chi connectivity index (χ0n) is 10.4. The lowest BCUT2D eigenvalue weighted by molar-refractivity contribution is 0.538. The van der Waals surface area contributed by atoms with Gasteiger partial charge < -0.3 is 0 Å². The van der Waals surface area contributed by atoms with Crippen molar-refractivity contribution >= 4 is 28.2 Å². The molecule has 1 aliphatic heterocycles. The maximum Gasteiger partial charge on any atom is 0.0709 e. The highest BCUT2D eigenvalue weighted by Gasteiger charge is 2.13. The van der Waals surface area contributed by atoms with Gasteiger partial charge in [0, 0.05) is 23.8 Å². The van der Waals surface area contributed by atoms with Crippen molar-refractivity contribution in [3.05, 3.63) is 41.0 Å². The summed E-state index contributed by atoms with van der Waals surface area (Å²) in [5, 5.41) is 1.76. The number of aromatic nitrogens is 1. The third kappa shape index (κ3) is 2.25. The van der Waals surface area contributed by atoms with E-state index in [9.17, 15) is 0 Å². The van der Waals surface area contributed by atoms with Gasteiger partial charge in [0.2, 0.25) is 0 Å². The van der Waals surface area contributed by atoms with Crippen molar-refractivity contribution in [3.63, 3.8) is 0 Å². The molecule has 92 valence electrons. The summed E-state index contributed by atoms with van der Waals surface area (Å²) in [6.45, 7) is 3.20. The van der Waals surface area contributed by atoms with Gasteiger partial charge in [0.15, 0.2) is 0 Å². The fraction of sp³-hybridized carbons (Fsp3) is 0.333. The Hall–Kier alpha value is -1.41. The molecule has 1 unspecified atom stereocenters. The summed E-state index contributed by atoms with van der Waals surface area (Å²) in [6.07, 6.45) is 3.99. The normalized spacial score (nSPS) is 19.9. The minimum Gasteiger partial charge on any atom is -0.289 e. The summed E-state index contributed by atoms with van der Waals surface area (Å²) in [6, 6.07) is 8.25. The Morgan fingerprint density at radius 3 is 2.94 bits per heavy atom. The summed E-state index contributed by atoms with van der Waals surface area (Å²) in [5.41, 5.74) is 3.40. The maximum atomic E-state index is 5.94. The Morgan fingerprint density at radius 2 is 2.17 bits per heavy atom. The molecule has 0 bridgehead atoms. The average Bonchev–Trinajstić information content (AvgIpc) is 2.39. The van der Waals surface area contributed by atoms with E-state index >= 15 is 0 Å². The molecule has 1 aromatic carbocycles. The molecule has 0 amide bonds. The first-order chi connectivity index (χ1) is 8.72. The summed E-state index contributed by atoms with van der Waals surface area (Å²) in [7, 11) is 0. The highest BCUT2D eigenvalue weighted by atomic mass is 35.5. The van der Waals surface area contributed by atoms with E-state index in [4.69, 9.17) is 11.6 Å². The first-order valence-electron chi connectivity index (χ1n) is 6.31. The first-order valence-corrected chi connectivity index (χ1v) is 6.69. The van der Waals surface area contributed by atoms with Gasteiger partial charge in [-0.2, -0.15) is 0 Å². The van der Waals surface area contributed by atoms with Crippen LogP contribution in [-0.2, 0) is 0 Å². The van der Waals surface area contributed by atoms with Crippen LogP contribution in [0.2, 0.25) is 5.02 Å². The summed E-state index contributed by atoms with van der Waals surface area (Å²) in [4.78, 5) is 9.03. The molecule has 0 saturated carbocycles. The van der Waals surface area contributed by atoms with Crippen LogP contribution in [-0.4, -0.2) is 17.2 Å². The zero-order chi connectivity index (χ0) is 12.5. The van der Waals surface area contributed by atoms with E-state index in [1.165, 1.54) is 17.7 Å². The molecule has 3 heteroatoms. The predicted octanol–water partition coefficient (Wildman–Crippen LogP) is 4.11. The quantitative estimate of drug-likeness (QED) is 0.756. The summed E-state index contributed by atoms with van der Waals surface area (Å²) < 4.78 is 0. The highest BCUT2D eigenvalue weighted by molar-refractivity contribution is 6.31. The van der Waals surface area contributed by atoms with Crippen LogP contribution in [0.25, 0.3) is 10.9 Å². The lowest BCUT2D eigenvalue weighted by atomic mass is 9.95. The smallest absolute Gasteiger partial charge is 0.0709 e. The van der Waals surface area contributed by atoms with Crippen molar-refractivity contribution in [2.75, 3.05) is 6.54 Å². The third-order valence-corrected chi connectivity index (χ3v) is 3.66. The molecule has 3 rings (SSSR count). The van der Waals surface area contributed by atoms with Gasteiger partial charge in [-0.05, 0) is 36.5 Å². The average molecular weight is 259 g/mol. The first kappa shape index (κ1) is 11.7. The number of halogens is 1. The van der Waals surface area contributed by atoms with Gasteiger partial charge in [0.25, 0.3) is 0 Å². The number of hydrogen-bond donors (Lipinski definition) is 0. The molecule has 0 fully saturated rings. The van der Waals surface area contributed by atoms with E-state index in [2.05, 4.69) is 35.1 Å². The molecule has 18 heavy (non-hydrogen) atoms. The number of rotatable bonds is 1. The number of pyridine rings is 1. The summed E-state index contributed by atoms with van der Waals surface area (Å²) in [5.74, 6) is 0.714. The van der Waals surface area contributed by atoms with E-state index in [-0.39, 0.29) is 0 Å².